The van der Waals surface area contributed by atoms with Gasteiger partial charge >= 0.3 is 6.03 Å². The Morgan fingerprint density at radius 1 is 1.14 bits per heavy atom. The van der Waals surface area contributed by atoms with Gasteiger partial charge in [-0.3, -0.25) is 19.9 Å². The van der Waals surface area contributed by atoms with Gasteiger partial charge in [-0.15, -0.1) is 0 Å². The Balaban J connectivity index is 1.37. The molecule has 0 unspecified atom stereocenters. The van der Waals surface area contributed by atoms with E-state index in [2.05, 4.69) is 15.6 Å². The van der Waals surface area contributed by atoms with Crippen molar-refractivity contribution in [3.63, 3.8) is 0 Å². The van der Waals surface area contributed by atoms with Crippen LogP contribution in [0.4, 0.5) is 4.79 Å². The first-order valence-electron chi connectivity index (χ1n) is 10.2. The number of urea groups is 1. The van der Waals surface area contributed by atoms with Crippen LogP contribution in [0.5, 0.6) is 0 Å². The number of imide groups is 1. The number of nitrogens with one attached hydrogen (secondary N) is 2. The van der Waals surface area contributed by atoms with Crippen LogP contribution in [0.3, 0.4) is 0 Å². The van der Waals surface area contributed by atoms with Crippen LogP contribution in [-0.4, -0.2) is 47.4 Å². The van der Waals surface area contributed by atoms with E-state index in [9.17, 15) is 14.4 Å². The Morgan fingerprint density at radius 3 is 2.61 bits per heavy atom. The first-order chi connectivity index (χ1) is 13.5. The highest BCUT2D eigenvalue weighted by Gasteiger charge is 2.50. The Kier molecular flexibility index (Phi) is 5.10. The molecular weight excluding hydrogens is 356 g/mol. The average molecular weight is 384 g/mol. The Labute approximate surface area is 165 Å². The molecule has 7 heteroatoms. The minimum atomic E-state index is -1.17. The molecule has 0 bridgehead atoms. The normalized spacial score (nSPS) is 30.7. The van der Waals surface area contributed by atoms with Gasteiger partial charge in [0.15, 0.2) is 0 Å². The Morgan fingerprint density at radius 2 is 1.86 bits per heavy atom. The van der Waals surface area contributed by atoms with Crippen molar-refractivity contribution in [2.24, 2.45) is 11.8 Å². The maximum atomic E-state index is 12.9. The average Bonchev–Trinajstić information content (AvgIpc) is 2.92. The number of hydrogen-bond acceptors (Lipinski definition) is 4. The molecule has 3 atom stereocenters. The third-order valence-corrected chi connectivity index (χ3v) is 6.52. The molecule has 3 aliphatic rings. The third-order valence-electron chi connectivity index (χ3n) is 6.52. The van der Waals surface area contributed by atoms with E-state index in [1.165, 1.54) is 25.7 Å². The second kappa shape index (κ2) is 7.54. The van der Waals surface area contributed by atoms with Gasteiger partial charge < -0.3 is 5.32 Å². The fraction of sp³-hybridized carbons (Fsp3) is 0.571. The smallest absolute Gasteiger partial charge is 0.318 e. The molecule has 2 saturated heterocycles. The van der Waals surface area contributed by atoms with Gasteiger partial charge in [0.2, 0.25) is 0 Å². The van der Waals surface area contributed by atoms with Gasteiger partial charge in [0.05, 0.1) is 6.54 Å². The Hall–Kier alpha value is -2.41. The molecule has 1 aromatic carbocycles. The fourth-order valence-corrected chi connectivity index (χ4v) is 4.89. The van der Waals surface area contributed by atoms with Crippen molar-refractivity contribution in [2.45, 2.75) is 44.6 Å². The summed E-state index contributed by atoms with van der Waals surface area (Å²) >= 11 is 0. The van der Waals surface area contributed by atoms with Gasteiger partial charge in [-0.25, -0.2) is 4.79 Å². The molecule has 7 nitrogen and oxygen atoms in total. The number of likely N-dealkylation sites (tertiary alicyclic amines) is 1. The summed E-state index contributed by atoms with van der Waals surface area (Å²) in [5.41, 5.74) is 2.02. The standard InChI is InChI=1S/C21H28N4O3/c1-21(17-9-3-2-4-10-17)19(27)25(20(28)22-21)23-18(26)14-24-12-11-15-7-5-6-8-16(15)13-24/h2-4,9-10,15-16H,5-8,11-14H2,1H3,(H,22,28)(H,23,26)/t15-,16+,21-/m0/s1. The Bertz CT molecular complexity index is 768. The number of nitrogens with zero attached hydrogens (tertiary/aromatic N) is 2. The van der Waals surface area contributed by atoms with Crippen molar-refractivity contribution < 1.29 is 14.4 Å². The number of carbonyl (C=O) groups is 3. The second-order valence-corrected chi connectivity index (χ2v) is 8.43. The zero-order chi connectivity index (χ0) is 19.7. The van der Waals surface area contributed by atoms with Crippen LogP contribution >= 0.6 is 0 Å². The largest absolute Gasteiger partial charge is 0.344 e. The topological polar surface area (TPSA) is 81.8 Å². The SMILES string of the molecule is C[C@@]1(c2ccccc2)NC(=O)N(NC(=O)CN2CC[C@@H]3CCCC[C@@H]3C2)C1=O. The monoisotopic (exact) mass is 384 g/mol. The second-order valence-electron chi connectivity index (χ2n) is 8.43. The summed E-state index contributed by atoms with van der Waals surface area (Å²) < 4.78 is 0. The lowest BCUT2D eigenvalue weighted by atomic mass is 9.75. The summed E-state index contributed by atoms with van der Waals surface area (Å²) in [6.45, 7) is 3.70. The van der Waals surface area contributed by atoms with Crippen LogP contribution in [0.1, 0.15) is 44.6 Å². The lowest BCUT2D eigenvalue weighted by Gasteiger charge is -2.41. The number of fused-ring (bicyclic) bond motifs is 1. The van der Waals surface area contributed by atoms with E-state index in [4.69, 9.17) is 0 Å². The van der Waals surface area contributed by atoms with E-state index in [1.54, 1.807) is 19.1 Å². The lowest BCUT2D eigenvalue weighted by molar-refractivity contribution is -0.139. The molecule has 4 amide bonds. The molecule has 1 saturated carbocycles. The molecule has 2 aliphatic heterocycles. The molecule has 150 valence electrons. The number of carbonyl (C=O) groups excluding carboxylic acids is 3. The molecule has 28 heavy (non-hydrogen) atoms. The minimum Gasteiger partial charge on any atom is -0.318 e. The highest BCUT2D eigenvalue weighted by atomic mass is 16.2. The number of amides is 4. The molecule has 1 aromatic rings. The first-order valence-corrected chi connectivity index (χ1v) is 10.2. The van der Waals surface area contributed by atoms with Gasteiger partial charge in [-0.1, -0.05) is 49.6 Å². The number of piperidine rings is 1. The molecular formula is C21H28N4O3. The van der Waals surface area contributed by atoms with Crippen molar-refractivity contribution in [2.75, 3.05) is 19.6 Å². The zero-order valence-corrected chi connectivity index (χ0v) is 16.3. The van der Waals surface area contributed by atoms with Crippen LogP contribution in [0.25, 0.3) is 0 Å². The molecule has 0 aromatic heterocycles. The lowest BCUT2D eigenvalue weighted by Crippen LogP contribution is -2.52. The number of hydrogen-bond donors (Lipinski definition) is 2. The van der Waals surface area contributed by atoms with Crippen LogP contribution in [0.2, 0.25) is 0 Å². The van der Waals surface area contributed by atoms with Crippen molar-refractivity contribution >= 4 is 17.8 Å². The van der Waals surface area contributed by atoms with Crippen molar-refractivity contribution in [1.29, 1.82) is 0 Å². The molecule has 2 heterocycles. The van der Waals surface area contributed by atoms with Gasteiger partial charge in [0.1, 0.15) is 5.54 Å². The summed E-state index contributed by atoms with van der Waals surface area (Å²) in [4.78, 5) is 39.9. The quantitative estimate of drug-likeness (QED) is 0.778. The minimum absolute atomic E-state index is 0.211. The van der Waals surface area contributed by atoms with Crippen LogP contribution in [0.15, 0.2) is 30.3 Å². The van der Waals surface area contributed by atoms with Crippen LogP contribution < -0.4 is 10.7 Å². The number of hydrazine groups is 1. The number of rotatable bonds is 4. The van der Waals surface area contributed by atoms with E-state index >= 15 is 0 Å². The summed E-state index contributed by atoms with van der Waals surface area (Å²) in [5, 5.41) is 3.52. The van der Waals surface area contributed by atoms with E-state index in [0.29, 0.717) is 11.5 Å². The summed E-state index contributed by atoms with van der Waals surface area (Å²) in [6.07, 6.45) is 6.29. The van der Waals surface area contributed by atoms with Crippen LogP contribution in [0, 0.1) is 11.8 Å². The maximum Gasteiger partial charge on any atom is 0.344 e. The highest BCUT2D eigenvalue weighted by Crippen LogP contribution is 2.36. The number of benzene rings is 1. The van der Waals surface area contributed by atoms with E-state index in [0.717, 1.165) is 30.4 Å². The first kappa shape index (κ1) is 18.9. The summed E-state index contributed by atoms with van der Waals surface area (Å²) in [5.74, 6) is 0.678. The van der Waals surface area contributed by atoms with Crippen molar-refractivity contribution in [3.05, 3.63) is 35.9 Å². The molecule has 0 spiro atoms. The molecule has 1 aliphatic carbocycles. The van der Waals surface area contributed by atoms with E-state index < -0.39 is 17.5 Å². The molecule has 0 radical (unpaired) electrons. The fourth-order valence-electron chi connectivity index (χ4n) is 4.89. The van der Waals surface area contributed by atoms with E-state index in [1.807, 2.05) is 18.2 Å². The predicted molar refractivity (Wildman–Crippen MR) is 104 cm³/mol. The summed E-state index contributed by atoms with van der Waals surface area (Å²) in [6, 6.07) is 8.46. The van der Waals surface area contributed by atoms with E-state index in [-0.39, 0.29) is 12.5 Å². The molecule has 4 rings (SSSR count). The van der Waals surface area contributed by atoms with Gasteiger partial charge in [0.25, 0.3) is 11.8 Å². The van der Waals surface area contributed by atoms with Crippen LogP contribution in [-0.2, 0) is 15.1 Å². The summed E-state index contributed by atoms with van der Waals surface area (Å²) in [7, 11) is 0. The highest BCUT2D eigenvalue weighted by molar-refractivity contribution is 6.08. The predicted octanol–water partition coefficient (Wildman–Crippen LogP) is 2.00. The van der Waals surface area contributed by atoms with Gasteiger partial charge in [-0.2, -0.15) is 5.01 Å². The van der Waals surface area contributed by atoms with Crippen molar-refractivity contribution in [3.8, 4) is 0 Å². The van der Waals surface area contributed by atoms with Crippen molar-refractivity contribution in [1.82, 2.24) is 20.7 Å². The third kappa shape index (κ3) is 3.51. The maximum absolute atomic E-state index is 12.9. The molecule has 3 fully saturated rings. The van der Waals surface area contributed by atoms with Gasteiger partial charge in [0, 0.05) is 6.54 Å². The molecule has 2 N–H and O–H groups in total. The zero-order valence-electron chi connectivity index (χ0n) is 16.3. The van der Waals surface area contributed by atoms with Gasteiger partial charge in [-0.05, 0) is 43.7 Å².